The van der Waals surface area contributed by atoms with E-state index in [1.54, 1.807) is 0 Å². The lowest BCUT2D eigenvalue weighted by molar-refractivity contribution is -0.138. The van der Waals surface area contributed by atoms with Crippen LogP contribution in [0.25, 0.3) is 0 Å². The molecular weight excluding hydrogens is 310 g/mol. The molecule has 0 aromatic heterocycles. The maximum absolute atomic E-state index is 9.87. The molecule has 22 heavy (non-hydrogen) atoms. The SMILES string of the molecule is CCl.C[C@H](N)C(=O)O.O=C=NCc1cccc(CN=C=O)c1. The van der Waals surface area contributed by atoms with Crippen LogP contribution in [0.5, 0.6) is 0 Å². The molecule has 0 bridgehead atoms. The molecule has 1 rings (SSSR count). The van der Waals surface area contributed by atoms with Crippen molar-refractivity contribution in [2.45, 2.75) is 26.1 Å². The monoisotopic (exact) mass is 327 g/mol. The lowest BCUT2D eigenvalue weighted by Gasteiger charge is -1.98. The van der Waals surface area contributed by atoms with Crippen molar-refractivity contribution < 1.29 is 19.5 Å². The van der Waals surface area contributed by atoms with Crippen LogP contribution in [0.3, 0.4) is 0 Å². The molecule has 120 valence electrons. The maximum atomic E-state index is 9.87. The highest BCUT2D eigenvalue weighted by atomic mass is 35.5. The van der Waals surface area contributed by atoms with Gasteiger partial charge >= 0.3 is 5.97 Å². The van der Waals surface area contributed by atoms with Gasteiger partial charge in [-0.25, -0.2) is 19.6 Å². The summed E-state index contributed by atoms with van der Waals surface area (Å²) in [5.41, 5.74) is 6.63. The molecule has 0 aliphatic carbocycles. The number of rotatable bonds is 5. The maximum Gasteiger partial charge on any atom is 0.320 e. The fourth-order valence-electron chi connectivity index (χ4n) is 1.07. The van der Waals surface area contributed by atoms with Crippen molar-refractivity contribution in [2.24, 2.45) is 15.7 Å². The van der Waals surface area contributed by atoms with E-state index < -0.39 is 12.0 Å². The first-order valence-electron chi connectivity index (χ1n) is 6.02. The number of nitrogens with zero attached hydrogens (tertiary/aromatic N) is 2. The smallest absolute Gasteiger partial charge is 0.320 e. The number of alkyl halides is 1. The highest BCUT2D eigenvalue weighted by Gasteiger charge is 1.99. The second-order valence-electron chi connectivity index (χ2n) is 3.76. The van der Waals surface area contributed by atoms with Crippen LogP contribution in [0, 0.1) is 0 Å². The number of halogens is 1. The minimum atomic E-state index is -0.963. The molecule has 0 unspecified atom stereocenters. The van der Waals surface area contributed by atoms with E-state index in [1.807, 2.05) is 24.3 Å². The average Bonchev–Trinajstić information content (AvgIpc) is 2.53. The first-order valence-corrected chi connectivity index (χ1v) is 6.78. The number of carboxylic acids is 1. The largest absolute Gasteiger partial charge is 0.480 e. The van der Waals surface area contributed by atoms with E-state index >= 15 is 0 Å². The summed E-state index contributed by atoms with van der Waals surface area (Å²) >= 11 is 4.64. The van der Waals surface area contributed by atoms with Gasteiger partial charge in [-0.05, 0) is 18.1 Å². The number of hydrogen-bond donors (Lipinski definition) is 2. The Morgan fingerprint density at radius 3 is 1.86 bits per heavy atom. The second kappa shape index (κ2) is 15.1. The number of carbonyl (C=O) groups excluding carboxylic acids is 2. The van der Waals surface area contributed by atoms with Crippen molar-refractivity contribution in [3.8, 4) is 0 Å². The highest BCUT2D eigenvalue weighted by molar-refractivity contribution is 6.15. The Kier molecular flexibility index (Phi) is 15.1. The van der Waals surface area contributed by atoms with E-state index in [0.717, 1.165) is 11.1 Å². The minimum absolute atomic E-state index is 0.308. The Morgan fingerprint density at radius 2 is 1.59 bits per heavy atom. The number of aliphatic carboxylic acids is 1. The summed E-state index contributed by atoms with van der Waals surface area (Å²) in [5, 5.41) is 7.87. The Labute approximate surface area is 133 Å². The number of benzene rings is 1. The van der Waals surface area contributed by atoms with Crippen LogP contribution in [-0.2, 0) is 27.5 Å². The van der Waals surface area contributed by atoms with Crippen LogP contribution in [0.4, 0.5) is 0 Å². The van der Waals surface area contributed by atoms with Crippen molar-refractivity contribution in [1.29, 1.82) is 0 Å². The van der Waals surface area contributed by atoms with E-state index in [4.69, 9.17) is 10.8 Å². The summed E-state index contributed by atoms with van der Waals surface area (Å²) in [6, 6.07) is 6.61. The molecule has 0 aliphatic heterocycles. The van der Waals surface area contributed by atoms with Gasteiger partial charge in [0.25, 0.3) is 0 Å². The molecule has 0 fully saturated rings. The average molecular weight is 328 g/mol. The standard InChI is InChI=1S/C10H8N2O2.C3H7NO2.CH3Cl/c13-7-11-5-9-2-1-3-10(4-9)6-12-8-14;1-2(4)3(5)6;1-2/h1-4H,5-6H2;2H,4H2,1H3,(H,5,6);1H3/t;2-;/m.0./s1. The molecule has 0 heterocycles. The number of hydrogen-bond acceptors (Lipinski definition) is 6. The lowest BCUT2D eigenvalue weighted by atomic mass is 10.1. The van der Waals surface area contributed by atoms with Crippen molar-refractivity contribution in [2.75, 3.05) is 6.38 Å². The molecule has 7 nitrogen and oxygen atoms in total. The third kappa shape index (κ3) is 12.7. The van der Waals surface area contributed by atoms with Gasteiger partial charge in [0.05, 0.1) is 13.1 Å². The Morgan fingerprint density at radius 1 is 1.23 bits per heavy atom. The van der Waals surface area contributed by atoms with Gasteiger partial charge in [0.1, 0.15) is 6.04 Å². The third-order valence-electron chi connectivity index (χ3n) is 2.03. The van der Waals surface area contributed by atoms with Crippen LogP contribution < -0.4 is 5.73 Å². The van der Waals surface area contributed by atoms with Crippen LogP contribution in [0.1, 0.15) is 18.1 Å². The van der Waals surface area contributed by atoms with Gasteiger partial charge < -0.3 is 10.8 Å². The van der Waals surface area contributed by atoms with Gasteiger partial charge in [0.2, 0.25) is 12.2 Å². The van der Waals surface area contributed by atoms with Gasteiger partial charge in [0.15, 0.2) is 0 Å². The summed E-state index contributed by atoms with van der Waals surface area (Å²) in [6.45, 7) is 2.03. The molecule has 0 radical (unpaired) electrons. The van der Waals surface area contributed by atoms with E-state index in [-0.39, 0.29) is 0 Å². The zero-order valence-electron chi connectivity index (χ0n) is 12.3. The first-order chi connectivity index (χ1) is 10.5. The van der Waals surface area contributed by atoms with Gasteiger partial charge in [-0.1, -0.05) is 24.3 Å². The number of aliphatic imine (C=N–C) groups is 2. The van der Waals surface area contributed by atoms with Crippen molar-refractivity contribution in [1.82, 2.24) is 0 Å². The Hall–Kier alpha value is -2.30. The molecule has 1 atom stereocenters. The number of nitrogens with two attached hydrogens (primary N) is 1. The molecule has 0 saturated heterocycles. The van der Waals surface area contributed by atoms with E-state index in [2.05, 4.69) is 21.6 Å². The summed E-state index contributed by atoms with van der Waals surface area (Å²) in [7, 11) is 0. The number of carbonyl (C=O) groups is 1. The van der Waals surface area contributed by atoms with E-state index in [1.165, 1.54) is 25.5 Å². The van der Waals surface area contributed by atoms with Crippen LogP contribution >= 0.6 is 11.6 Å². The van der Waals surface area contributed by atoms with Gasteiger partial charge in [-0.2, -0.15) is 0 Å². The third-order valence-corrected chi connectivity index (χ3v) is 2.03. The fourth-order valence-corrected chi connectivity index (χ4v) is 1.07. The summed E-state index contributed by atoms with van der Waals surface area (Å²) in [4.78, 5) is 36.2. The molecule has 3 N–H and O–H groups in total. The van der Waals surface area contributed by atoms with Crippen LogP contribution in [0.2, 0.25) is 0 Å². The van der Waals surface area contributed by atoms with Crippen LogP contribution in [-0.4, -0.2) is 35.7 Å². The lowest BCUT2D eigenvalue weighted by Crippen LogP contribution is -2.25. The molecule has 0 amide bonds. The van der Waals surface area contributed by atoms with Crippen molar-refractivity contribution in [3.63, 3.8) is 0 Å². The first kappa shape index (κ1) is 22.0. The molecule has 0 aliphatic rings. The summed E-state index contributed by atoms with van der Waals surface area (Å²) in [5.74, 6) is -0.963. The molecule has 1 aromatic rings. The van der Waals surface area contributed by atoms with E-state index in [9.17, 15) is 14.4 Å². The highest BCUT2D eigenvalue weighted by Crippen LogP contribution is 2.07. The van der Waals surface area contributed by atoms with Crippen LogP contribution in [0.15, 0.2) is 34.3 Å². The normalized spacial score (nSPS) is 9.45. The fraction of sp³-hybridized carbons (Fsp3) is 0.357. The molecular formula is C14H18ClN3O4. The predicted octanol–water partition coefficient (Wildman–Crippen LogP) is 1.63. The van der Waals surface area contributed by atoms with Gasteiger partial charge in [-0.15, -0.1) is 11.6 Å². The molecule has 8 heteroatoms. The zero-order chi connectivity index (χ0) is 17.4. The quantitative estimate of drug-likeness (QED) is 0.483. The molecule has 0 spiro atoms. The van der Waals surface area contributed by atoms with E-state index in [0.29, 0.717) is 13.1 Å². The minimum Gasteiger partial charge on any atom is -0.480 e. The Balaban J connectivity index is 0. The summed E-state index contributed by atoms with van der Waals surface area (Å²) in [6.07, 6.45) is 4.41. The Bertz CT molecular complexity index is 501. The summed E-state index contributed by atoms with van der Waals surface area (Å²) < 4.78 is 0. The van der Waals surface area contributed by atoms with Crippen molar-refractivity contribution in [3.05, 3.63) is 35.4 Å². The molecule has 1 aromatic carbocycles. The topological polar surface area (TPSA) is 122 Å². The second-order valence-corrected chi connectivity index (χ2v) is 3.76. The number of carboxylic acid groups (broad SMARTS) is 1. The zero-order valence-corrected chi connectivity index (χ0v) is 13.1. The predicted molar refractivity (Wildman–Crippen MR) is 83.2 cm³/mol. The number of isocyanates is 2. The molecule has 0 saturated carbocycles. The van der Waals surface area contributed by atoms with Crippen molar-refractivity contribution >= 4 is 29.7 Å². The van der Waals surface area contributed by atoms with Gasteiger partial charge in [-0.3, -0.25) is 4.79 Å². The van der Waals surface area contributed by atoms with Gasteiger partial charge in [0, 0.05) is 6.38 Å².